The molecule has 0 spiro atoms. The maximum Gasteiger partial charge on any atom is 0.326 e. The van der Waals surface area contributed by atoms with Crippen LogP contribution >= 0.6 is 0 Å². The zero-order valence-corrected chi connectivity index (χ0v) is 9.24. The summed E-state index contributed by atoms with van der Waals surface area (Å²) < 4.78 is 0. The third-order valence-electron chi connectivity index (χ3n) is 2.54. The summed E-state index contributed by atoms with van der Waals surface area (Å²) >= 11 is 0. The lowest BCUT2D eigenvalue weighted by Gasteiger charge is -2.13. The van der Waals surface area contributed by atoms with Crippen LogP contribution in [0.15, 0.2) is 12.7 Å². The van der Waals surface area contributed by atoms with E-state index in [-0.39, 0.29) is 6.42 Å². The van der Waals surface area contributed by atoms with Gasteiger partial charge in [0.05, 0.1) is 0 Å². The van der Waals surface area contributed by atoms with Crippen LogP contribution in [0.1, 0.15) is 25.7 Å². The number of urea groups is 1. The Morgan fingerprint density at radius 2 is 2.19 bits per heavy atom. The Morgan fingerprint density at radius 1 is 1.50 bits per heavy atom. The lowest BCUT2D eigenvalue weighted by Crippen LogP contribution is -2.46. The summed E-state index contributed by atoms with van der Waals surface area (Å²) in [6.07, 6.45) is 5.18. The molecule has 0 aliphatic heterocycles. The van der Waals surface area contributed by atoms with Crippen LogP contribution in [0.2, 0.25) is 0 Å². The summed E-state index contributed by atoms with van der Waals surface area (Å²) in [5.41, 5.74) is 0. The number of hydrogen-bond acceptors (Lipinski definition) is 2. The number of rotatable bonds is 7. The predicted molar refractivity (Wildman–Crippen MR) is 60.1 cm³/mol. The molecule has 0 radical (unpaired) electrons. The van der Waals surface area contributed by atoms with E-state index in [0.717, 1.165) is 12.3 Å². The molecule has 3 N–H and O–H groups in total. The normalized spacial score (nSPS) is 16.2. The summed E-state index contributed by atoms with van der Waals surface area (Å²) in [4.78, 5) is 22.0. The summed E-state index contributed by atoms with van der Waals surface area (Å²) in [7, 11) is 0. The highest BCUT2D eigenvalue weighted by molar-refractivity contribution is 5.82. The first kappa shape index (κ1) is 12.5. The van der Waals surface area contributed by atoms with Crippen molar-refractivity contribution in [1.29, 1.82) is 0 Å². The minimum atomic E-state index is -1.04. The SMILES string of the molecule is C=CCC(NC(=O)NCCC1CC1)C(=O)O. The summed E-state index contributed by atoms with van der Waals surface area (Å²) in [5, 5.41) is 13.8. The fraction of sp³-hybridized carbons (Fsp3) is 0.636. The molecule has 1 fully saturated rings. The van der Waals surface area contributed by atoms with Gasteiger partial charge in [-0.1, -0.05) is 18.9 Å². The van der Waals surface area contributed by atoms with Gasteiger partial charge in [0.1, 0.15) is 6.04 Å². The third kappa shape index (κ3) is 4.82. The molecule has 0 saturated heterocycles. The van der Waals surface area contributed by atoms with Crippen LogP contribution in [0.3, 0.4) is 0 Å². The first-order valence-electron chi connectivity index (χ1n) is 5.51. The average molecular weight is 226 g/mol. The van der Waals surface area contributed by atoms with Crippen molar-refractivity contribution in [3.63, 3.8) is 0 Å². The minimum absolute atomic E-state index is 0.228. The predicted octanol–water partition coefficient (Wildman–Crippen LogP) is 1.11. The number of carbonyl (C=O) groups is 2. The molecule has 1 rings (SSSR count). The van der Waals surface area contributed by atoms with Gasteiger partial charge in [-0.15, -0.1) is 6.58 Å². The number of carboxylic acids is 1. The fourth-order valence-corrected chi connectivity index (χ4v) is 1.39. The van der Waals surface area contributed by atoms with Crippen LogP contribution in [-0.4, -0.2) is 29.7 Å². The van der Waals surface area contributed by atoms with Gasteiger partial charge >= 0.3 is 12.0 Å². The quantitative estimate of drug-likeness (QED) is 0.569. The standard InChI is InChI=1S/C11H18N2O3/c1-2-3-9(10(14)15)13-11(16)12-7-6-8-4-5-8/h2,8-9H,1,3-7H2,(H,14,15)(H2,12,13,16). The second-order valence-corrected chi connectivity index (χ2v) is 4.05. The molecule has 0 aromatic rings. The zero-order valence-electron chi connectivity index (χ0n) is 9.24. The van der Waals surface area contributed by atoms with Crippen LogP contribution < -0.4 is 10.6 Å². The first-order valence-corrected chi connectivity index (χ1v) is 5.51. The molecule has 2 amide bonds. The van der Waals surface area contributed by atoms with Crippen molar-refractivity contribution in [2.45, 2.75) is 31.7 Å². The third-order valence-corrected chi connectivity index (χ3v) is 2.54. The smallest absolute Gasteiger partial charge is 0.326 e. The van der Waals surface area contributed by atoms with Crippen molar-refractivity contribution < 1.29 is 14.7 Å². The molecule has 0 aromatic carbocycles. The van der Waals surface area contributed by atoms with Crippen LogP contribution in [0.5, 0.6) is 0 Å². The van der Waals surface area contributed by atoms with Crippen molar-refractivity contribution in [3.8, 4) is 0 Å². The highest BCUT2D eigenvalue weighted by Gasteiger charge is 2.21. The van der Waals surface area contributed by atoms with Gasteiger partial charge in [-0.25, -0.2) is 9.59 Å². The number of aliphatic carboxylic acids is 1. The van der Waals surface area contributed by atoms with Gasteiger partial charge in [0.15, 0.2) is 0 Å². The number of carbonyl (C=O) groups excluding carboxylic acids is 1. The zero-order chi connectivity index (χ0) is 12.0. The molecule has 5 nitrogen and oxygen atoms in total. The van der Waals surface area contributed by atoms with Gasteiger partial charge in [0, 0.05) is 6.54 Å². The second-order valence-electron chi connectivity index (χ2n) is 4.05. The van der Waals surface area contributed by atoms with E-state index in [2.05, 4.69) is 17.2 Å². The molecular formula is C11H18N2O3. The highest BCUT2D eigenvalue weighted by atomic mass is 16.4. The van der Waals surface area contributed by atoms with Gasteiger partial charge < -0.3 is 15.7 Å². The molecule has 1 atom stereocenters. The van der Waals surface area contributed by atoms with Crippen molar-refractivity contribution >= 4 is 12.0 Å². The number of amides is 2. The Hall–Kier alpha value is -1.52. The van der Waals surface area contributed by atoms with E-state index in [1.165, 1.54) is 18.9 Å². The van der Waals surface area contributed by atoms with E-state index in [0.29, 0.717) is 6.54 Å². The molecule has 0 aromatic heterocycles. The van der Waals surface area contributed by atoms with Crippen molar-refractivity contribution in [3.05, 3.63) is 12.7 Å². The van der Waals surface area contributed by atoms with Crippen molar-refractivity contribution in [2.24, 2.45) is 5.92 Å². The van der Waals surface area contributed by atoms with Gasteiger partial charge in [-0.2, -0.15) is 0 Å². The van der Waals surface area contributed by atoms with Crippen LogP contribution in [0.4, 0.5) is 4.79 Å². The van der Waals surface area contributed by atoms with Crippen molar-refractivity contribution in [1.82, 2.24) is 10.6 Å². The van der Waals surface area contributed by atoms with Gasteiger partial charge in [-0.05, 0) is 18.8 Å². The van der Waals surface area contributed by atoms with E-state index in [1.807, 2.05) is 0 Å². The largest absolute Gasteiger partial charge is 0.480 e. The molecule has 0 heterocycles. The molecule has 16 heavy (non-hydrogen) atoms. The molecule has 1 saturated carbocycles. The summed E-state index contributed by atoms with van der Waals surface area (Å²) in [6.45, 7) is 4.06. The van der Waals surface area contributed by atoms with E-state index in [9.17, 15) is 9.59 Å². The molecule has 0 bridgehead atoms. The number of nitrogens with one attached hydrogen (secondary N) is 2. The van der Waals surface area contributed by atoms with E-state index in [4.69, 9.17) is 5.11 Å². The molecule has 1 aliphatic rings. The Bertz CT molecular complexity index is 274. The maximum atomic E-state index is 11.3. The molecule has 1 aliphatic carbocycles. The molecule has 1 unspecified atom stereocenters. The Balaban J connectivity index is 2.18. The molecule has 90 valence electrons. The summed E-state index contributed by atoms with van der Waals surface area (Å²) in [6, 6.07) is -1.31. The highest BCUT2D eigenvalue weighted by Crippen LogP contribution is 2.31. The fourth-order valence-electron chi connectivity index (χ4n) is 1.39. The topological polar surface area (TPSA) is 78.4 Å². The van der Waals surface area contributed by atoms with E-state index < -0.39 is 18.0 Å². The van der Waals surface area contributed by atoms with Gasteiger partial charge in [0.25, 0.3) is 0 Å². The lowest BCUT2D eigenvalue weighted by atomic mass is 10.2. The Labute approximate surface area is 94.9 Å². The Kier molecular flexibility index (Phi) is 4.82. The number of hydrogen-bond donors (Lipinski definition) is 3. The number of carboxylic acid groups (broad SMARTS) is 1. The van der Waals surface area contributed by atoms with Gasteiger partial charge in [0.2, 0.25) is 0 Å². The van der Waals surface area contributed by atoms with E-state index in [1.54, 1.807) is 0 Å². The minimum Gasteiger partial charge on any atom is -0.480 e. The van der Waals surface area contributed by atoms with Gasteiger partial charge in [-0.3, -0.25) is 0 Å². The van der Waals surface area contributed by atoms with Crippen LogP contribution in [0.25, 0.3) is 0 Å². The Morgan fingerprint density at radius 3 is 2.69 bits per heavy atom. The monoisotopic (exact) mass is 226 g/mol. The average Bonchev–Trinajstić information content (AvgIpc) is 3.01. The molecular weight excluding hydrogens is 208 g/mol. The first-order chi connectivity index (χ1) is 7.63. The van der Waals surface area contributed by atoms with Crippen LogP contribution in [0, 0.1) is 5.92 Å². The lowest BCUT2D eigenvalue weighted by molar-refractivity contribution is -0.139. The van der Waals surface area contributed by atoms with Crippen LogP contribution in [-0.2, 0) is 4.79 Å². The molecule has 5 heteroatoms. The second kappa shape index (κ2) is 6.15. The summed E-state index contributed by atoms with van der Waals surface area (Å²) in [5.74, 6) is -0.291. The maximum absolute atomic E-state index is 11.3. The van der Waals surface area contributed by atoms with Crippen molar-refractivity contribution in [2.75, 3.05) is 6.54 Å². The van der Waals surface area contributed by atoms with E-state index >= 15 is 0 Å².